The van der Waals surface area contributed by atoms with Gasteiger partial charge in [-0.25, -0.2) is 0 Å². The van der Waals surface area contributed by atoms with E-state index >= 15 is 0 Å². The Hall–Kier alpha value is -1.32. The third kappa shape index (κ3) is 1.66. The maximum absolute atomic E-state index is 12.7. The van der Waals surface area contributed by atoms with Crippen molar-refractivity contribution in [3.05, 3.63) is 17.0 Å². The topological polar surface area (TPSA) is 46.3 Å². The van der Waals surface area contributed by atoms with Gasteiger partial charge in [-0.1, -0.05) is 19.0 Å². The van der Waals surface area contributed by atoms with Gasteiger partial charge in [0.05, 0.1) is 5.69 Å². The fraction of sp³-hybridized carbons (Fsp3) is 0.714. The summed E-state index contributed by atoms with van der Waals surface area (Å²) >= 11 is 0. The van der Waals surface area contributed by atoms with E-state index in [4.69, 9.17) is 4.52 Å². The molecule has 2 fully saturated rings. The van der Waals surface area contributed by atoms with E-state index < -0.39 is 0 Å². The number of aromatic nitrogens is 1. The first kappa shape index (κ1) is 11.8. The lowest BCUT2D eigenvalue weighted by molar-refractivity contribution is 0.0700. The average molecular weight is 248 g/mol. The van der Waals surface area contributed by atoms with Crippen LogP contribution in [0.2, 0.25) is 0 Å². The second-order valence-corrected chi connectivity index (χ2v) is 5.95. The van der Waals surface area contributed by atoms with Gasteiger partial charge in [0.15, 0.2) is 5.76 Å². The minimum atomic E-state index is 0.129. The van der Waals surface area contributed by atoms with Crippen molar-refractivity contribution in [2.75, 3.05) is 6.54 Å². The Morgan fingerprint density at radius 1 is 1.44 bits per heavy atom. The van der Waals surface area contributed by atoms with E-state index in [0.717, 1.165) is 30.3 Å². The highest BCUT2D eigenvalue weighted by Gasteiger charge is 2.42. The van der Waals surface area contributed by atoms with Crippen LogP contribution in [0, 0.1) is 12.8 Å². The molecule has 4 heteroatoms. The minimum absolute atomic E-state index is 0.129. The van der Waals surface area contributed by atoms with Crippen LogP contribution in [-0.2, 0) is 0 Å². The SMILES string of the molecule is Cc1noc(C(C)C)c1C(=O)N1CC2CCC1C2. The molecule has 2 bridgehead atoms. The smallest absolute Gasteiger partial charge is 0.259 e. The summed E-state index contributed by atoms with van der Waals surface area (Å²) < 4.78 is 5.32. The van der Waals surface area contributed by atoms with Gasteiger partial charge in [-0.05, 0) is 32.1 Å². The highest BCUT2D eigenvalue weighted by Crippen LogP contribution is 2.39. The van der Waals surface area contributed by atoms with Gasteiger partial charge in [0, 0.05) is 18.5 Å². The molecule has 1 amide bonds. The van der Waals surface area contributed by atoms with Crippen molar-refractivity contribution in [1.29, 1.82) is 0 Å². The van der Waals surface area contributed by atoms with Crippen LogP contribution in [0.15, 0.2) is 4.52 Å². The molecular weight excluding hydrogens is 228 g/mol. The van der Waals surface area contributed by atoms with E-state index in [1.165, 1.54) is 12.8 Å². The number of rotatable bonds is 2. The molecule has 2 aliphatic rings. The third-order valence-corrected chi connectivity index (χ3v) is 4.30. The summed E-state index contributed by atoms with van der Waals surface area (Å²) in [5.41, 5.74) is 1.43. The van der Waals surface area contributed by atoms with Gasteiger partial charge in [0.2, 0.25) is 0 Å². The Morgan fingerprint density at radius 2 is 2.22 bits per heavy atom. The maximum atomic E-state index is 12.7. The predicted octanol–water partition coefficient (Wildman–Crippen LogP) is 2.73. The van der Waals surface area contributed by atoms with Gasteiger partial charge in [-0.2, -0.15) is 0 Å². The van der Waals surface area contributed by atoms with Crippen molar-refractivity contribution < 1.29 is 9.32 Å². The van der Waals surface area contributed by atoms with E-state index in [9.17, 15) is 4.79 Å². The first-order valence-electron chi connectivity index (χ1n) is 6.85. The molecule has 1 aromatic rings. The van der Waals surface area contributed by atoms with E-state index in [1.807, 2.05) is 25.7 Å². The molecule has 1 saturated carbocycles. The van der Waals surface area contributed by atoms with Crippen molar-refractivity contribution in [2.24, 2.45) is 5.92 Å². The van der Waals surface area contributed by atoms with Crippen molar-refractivity contribution in [2.45, 2.75) is 52.0 Å². The summed E-state index contributed by atoms with van der Waals surface area (Å²) in [7, 11) is 0. The van der Waals surface area contributed by atoms with Crippen LogP contribution in [0.3, 0.4) is 0 Å². The van der Waals surface area contributed by atoms with Gasteiger partial charge >= 0.3 is 0 Å². The Bertz CT molecular complexity index is 478. The number of hydrogen-bond donors (Lipinski definition) is 0. The van der Waals surface area contributed by atoms with Gasteiger partial charge in [0.1, 0.15) is 5.56 Å². The number of likely N-dealkylation sites (tertiary alicyclic amines) is 1. The summed E-state index contributed by atoms with van der Waals surface area (Å²) in [5.74, 6) is 1.79. The predicted molar refractivity (Wildman–Crippen MR) is 67.5 cm³/mol. The number of fused-ring (bicyclic) bond motifs is 2. The third-order valence-electron chi connectivity index (χ3n) is 4.30. The molecule has 0 spiro atoms. The number of piperidine rings is 1. The highest BCUT2D eigenvalue weighted by molar-refractivity contribution is 5.96. The zero-order valence-electron chi connectivity index (χ0n) is 11.3. The fourth-order valence-corrected chi connectivity index (χ4v) is 3.36. The zero-order valence-corrected chi connectivity index (χ0v) is 11.3. The molecule has 2 heterocycles. The largest absolute Gasteiger partial charge is 0.360 e. The molecule has 2 unspecified atom stereocenters. The first-order valence-corrected chi connectivity index (χ1v) is 6.85. The van der Waals surface area contributed by atoms with Gasteiger partial charge in [-0.15, -0.1) is 0 Å². The molecule has 0 aromatic carbocycles. The molecule has 4 nitrogen and oxygen atoms in total. The number of carbonyl (C=O) groups is 1. The summed E-state index contributed by atoms with van der Waals surface area (Å²) in [6, 6.07) is 0.455. The second-order valence-electron chi connectivity index (χ2n) is 5.95. The van der Waals surface area contributed by atoms with Crippen molar-refractivity contribution in [1.82, 2.24) is 10.1 Å². The van der Waals surface area contributed by atoms with Gasteiger partial charge in [-0.3, -0.25) is 4.79 Å². The van der Waals surface area contributed by atoms with Gasteiger partial charge < -0.3 is 9.42 Å². The van der Waals surface area contributed by atoms with E-state index in [0.29, 0.717) is 11.6 Å². The van der Waals surface area contributed by atoms with Crippen molar-refractivity contribution in [3.63, 3.8) is 0 Å². The van der Waals surface area contributed by atoms with Crippen LogP contribution in [0.4, 0.5) is 0 Å². The monoisotopic (exact) mass is 248 g/mol. The lowest BCUT2D eigenvalue weighted by Gasteiger charge is -2.27. The molecule has 0 N–H and O–H groups in total. The van der Waals surface area contributed by atoms with E-state index in [2.05, 4.69) is 5.16 Å². The second kappa shape index (κ2) is 4.11. The maximum Gasteiger partial charge on any atom is 0.259 e. The highest BCUT2D eigenvalue weighted by atomic mass is 16.5. The molecule has 1 saturated heterocycles. The number of hydrogen-bond acceptors (Lipinski definition) is 3. The number of aryl methyl sites for hydroxylation is 1. The quantitative estimate of drug-likeness (QED) is 0.808. The van der Waals surface area contributed by atoms with Crippen LogP contribution < -0.4 is 0 Å². The summed E-state index contributed by atoms with van der Waals surface area (Å²) in [4.78, 5) is 14.7. The molecule has 2 atom stereocenters. The lowest BCUT2D eigenvalue weighted by atomic mass is 10.0. The Morgan fingerprint density at radius 3 is 2.78 bits per heavy atom. The number of amides is 1. The first-order chi connectivity index (χ1) is 8.58. The fourth-order valence-electron chi connectivity index (χ4n) is 3.36. The number of nitrogens with zero attached hydrogens (tertiary/aromatic N) is 2. The number of carbonyl (C=O) groups excluding carboxylic acids is 1. The molecule has 3 rings (SSSR count). The molecule has 1 aliphatic carbocycles. The standard InChI is InChI=1S/C14H20N2O2/c1-8(2)13-12(9(3)15-18-13)14(17)16-7-10-4-5-11(16)6-10/h8,10-11H,4-7H2,1-3H3. The summed E-state index contributed by atoms with van der Waals surface area (Å²) in [6.45, 7) is 6.85. The van der Waals surface area contributed by atoms with Gasteiger partial charge in [0.25, 0.3) is 5.91 Å². The molecule has 1 aromatic heterocycles. The summed E-state index contributed by atoms with van der Waals surface area (Å²) in [6.07, 6.45) is 3.64. The summed E-state index contributed by atoms with van der Waals surface area (Å²) in [5, 5.41) is 3.97. The van der Waals surface area contributed by atoms with Crippen LogP contribution in [0.1, 0.15) is 60.8 Å². The van der Waals surface area contributed by atoms with E-state index in [1.54, 1.807) is 0 Å². The Labute approximate surface area is 107 Å². The lowest BCUT2D eigenvalue weighted by Crippen LogP contribution is -2.38. The zero-order chi connectivity index (χ0) is 12.9. The van der Waals surface area contributed by atoms with Crippen LogP contribution >= 0.6 is 0 Å². The van der Waals surface area contributed by atoms with Crippen LogP contribution in [-0.4, -0.2) is 28.6 Å². The molecule has 0 radical (unpaired) electrons. The normalized spacial score (nSPS) is 26.3. The average Bonchev–Trinajstić information content (AvgIpc) is 3.01. The Kier molecular flexibility index (Phi) is 2.68. The molecule has 18 heavy (non-hydrogen) atoms. The van der Waals surface area contributed by atoms with Crippen LogP contribution in [0.5, 0.6) is 0 Å². The van der Waals surface area contributed by atoms with Crippen LogP contribution in [0.25, 0.3) is 0 Å². The van der Waals surface area contributed by atoms with Crippen molar-refractivity contribution in [3.8, 4) is 0 Å². The Balaban J connectivity index is 1.91. The van der Waals surface area contributed by atoms with Crippen molar-refractivity contribution >= 4 is 5.91 Å². The molecule has 98 valence electrons. The molecule has 1 aliphatic heterocycles. The molecular formula is C14H20N2O2. The minimum Gasteiger partial charge on any atom is -0.360 e. The van der Waals surface area contributed by atoms with E-state index in [-0.39, 0.29) is 11.8 Å².